The maximum absolute atomic E-state index is 12.7. The minimum Gasteiger partial charge on any atom is -0.338 e. The lowest BCUT2D eigenvalue weighted by molar-refractivity contribution is 0.311. The van der Waals surface area contributed by atoms with Gasteiger partial charge in [0.05, 0.1) is 17.4 Å². The molecule has 1 saturated heterocycles. The van der Waals surface area contributed by atoms with Gasteiger partial charge in [0.2, 0.25) is 5.95 Å². The van der Waals surface area contributed by atoms with E-state index >= 15 is 0 Å². The first kappa shape index (κ1) is 15.7. The van der Waals surface area contributed by atoms with Crippen molar-refractivity contribution >= 4 is 16.9 Å². The maximum Gasteiger partial charge on any atom is 0.261 e. The number of pyridine rings is 2. The molecule has 4 heterocycles. The Morgan fingerprint density at radius 3 is 2.72 bits per heavy atom. The molecule has 7 nitrogen and oxygen atoms in total. The summed E-state index contributed by atoms with van der Waals surface area (Å²) in [4.78, 5) is 30.3. The van der Waals surface area contributed by atoms with E-state index in [-0.39, 0.29) is 5.56 Å². The predicted octanol–water partition coefficient (Wildman–Crippen LogP) is 0.987. The molecule has 0 radical (unpaired) electrons. The van der Waals surface area contributed by atoms with Crippen LogP contribution in [0, 0.1) is 0 Å². The first-order valence-electron chi connectivity index (χ1n) is 8.39. The third-order valence-corrected chi connectivity index (χ3v) is 4.57. The lowest BCUT2D eigenvalue weighted by Crippen LogP contribution is -2.45. The third-order valence-electron chi connectivity index (χ3n) is 4.57. The average molecular weight is 336 g/mol. The predicted molar refractivity (Wildman–Crippen MR) is 96.8 cm³/mol. The number of rotatable bonds is 3. The summed E-state index contributed by atoms with van der Waals surface area (Å²) >= 11 is 0. The molecule has 25 heavy (non-hydrogen) atoms. The Kier molecular flexibility index (Phi) is 4.15. The minimum absolute atomic E-state index is 0.0775. The van der Waals surface area contributed by atoms with Crippen LogP contribution in [-0.4, -0.2) is 57.6 Å². The van der Waals surface area contributed by atoms with Crippen LogP contribution in [0.25, 0.3) is 10.9 Å². The summed E-state index contributed by atoms with van der Waals surface area (Å²) in [5.41, 5.74) is 1.60. The third kappa shape index (κ3) is 3.23. The van der Waals surface area contributed by atoms with Gasteiger partial charge in [-0.25, -0.2) is 9.97 Å². The molecular formula is C18H20N6O. The number of aromatic nitrogens is 4. The number of piperazine rings is 1. The molecule has 1 fully saturated rings. The van der Waals surface area contributed by atoms with Crippen molar-refractivity contribution in [1.29, 1.82) is 0 Å². The van der Waals surface area contributed by atoms with Crippen molar-refractivity contribution in [3.63, 3.8) is 0 Å². The van der Waals surface area contributed by atoms with Crippen LogP contribution in [0.2, 0.25) is 0 Å². The van der Waals surface area contributed by atoms with E-state index < -0.39 is 0 Å². The van der Waals surface area contributed by atoms with E-state index in [0.717, 1.165) is 31.7 Å². The van der Waals surface area contributed by atoms with Crippen LogP contribution in [0.4, 0.5) is 5.95 Å². The highest BCUT2D eigenvalue weighted by Gasteiger charge is 2.17. The van der Waals surface area contributed by atoms with Crippen LogP contribution < -0.4 is 10.5 Å². The van der Waals surface area contributed by atoms with Gasteiger partial charge < -0.3 is 14.4 Å². The number of likely N-dealkylation sites (N-methyl/N-ethyl adjacent to an activating group) is 1. The summed E-state index contributed by atoms with van der Waals surface area (Å²) in [5, 5.41) is 0.546. The number of hydrogen-bond donors (Lipinski definition) is 0. The summed E-state index contributed by atoms with van der Waals surface area (Å²) in [6.07, 6.45) is 6.93. The van der Waals surface area contributed by atoms with Crippen LogP contribution in [0.5, 0.6) is 0 Å². The highest BCUT2D eigenvalue weighted by molar-refractivity contribution is 5.77. The Bertz CT molecular complexity index is 931. The Morgan fingerprint density at radius 1 is 1.12 bits per heavy atom. The largest absolute Gasteiger partial charge is 0.338 e. The number of hydrogen-bond acceptors (Lipinski definition) is 6. The topological polar surface area (TPSA) is 67.2 Å². The molecule has 0 bridgehead atoms. The van der Waals surface area contributed by atoms with Crippen molar-refractivity contribution in [3.8, 4) is 0 Å². The van der Waals surface area contributed by atoms with E-state index in [2.05, 4.69) is 31.8 Å². The molecule has 3 aromatic rings. The van der Waals surface area contributed by atoms with Gasteiger partial charge in [0.1, 0.15) is 0 Å². The molecule has 0 atom stereocenters. The van der Waals surface area contributed by atoms with E-state index in [1.807, 2.05) is 18.2 Å². The second kappa shape index (κ2) is 6.60. The van der Waals surface area contributed by atoms with Gasteiger partial charge in [0.15, 0.2) is 0 Å². The fourth-order valence-electron chi connectivity index (χ4n) is 3.03. The van der Waals surface area contributed by atoms with Gasteiger partial charge in [-0.15, -0.1) is 0 Å². The van der Waals surface area contributed by atoms with Crippen molar-refractivity contribution in [1.82, 2.24) is 24.4 Å². The van der Waals surface area contributed by atoms with Gasteiger partial charge >= 0.3 is 0 Å². The van der Waals surface area contributed by atoms with Crippen molar-refractivity contribution in [2.45, 2.75) is 6.54 Å². The molecule has 0 aromatic carbocycles. The molecule has 128 valence electrons. The lowest BCUT2D eigenvalue weighted by Gasteiger charge is -2.32. The van der Waals surface area contributed by atoms with Crippen molar-refractivity contribution in [2.24, 2.45) is 0 Å². The van der Waals surface area contributed by atoms with Crippen LogP contribution in [0.3, 0.4) is 0 Å². The minimum atomic E-state index is -0.0775. The van der Waals surface area contributed by atoms with E-state index in [9.17, 15) is 4.79 Å². The Labute approximate surface area is 145 Å². The normalized spacial score (nSPS) is 15.6. The zero-order valence-corrected chi connectivity index (χ0v) is 14.2. The van der Waals surface area contributed by atoms with Gasteiger partial charge in [-0.3, -0.25) is 9.78 Å². The van der Waals surface area contributed by atoms with Crippen LogP contribution in [-0.2, 0) is 6.54 Å². The van der Waals surface area contributed by atoms with Crippen LogP contribution >= 0.6 is 0 Å². The number of anilines is 1. The van der Waals surface area contributed by atoms with Gasteiger partial charge in [-0.05, 0) is 24.7 Å². The second-order valence-electron chi connectivity index (χ2n) is 6.37. The molecule has 0 spiro atoms. The van der Waals surface area contributed by atoms with Crippen molar-refractivity contribution in [3.05, 3.63) is 58.9 Å². The van der Waals surface area contributed by atoms with E-state index in [4.69, 9.17) is 0 Å². The molecule has 4 rings (SSSR count). The van der Waals surface area contributed by atoms with E-state index in [1.165, 1.54) is 0 Å². The first-order valence-corrected chi connectivity index (χ1v) is 8.39. The molecule has 1 aliphatic rings. The lowest BCUT2D eigenvalue weighted by atomic mass is 10.2. The van der Waals surface area contributed by atoms with E-state index in [1.54, 1.807) is 29.4 Å². The zero-order chi connectivity index (χ0) is 17.2. The molecule has 0 amide bonds. The highest BCUT2D eigenvalue weighted by atomic mass is 16.1. The number of fused-ring (bicyclic) bond motifs is 1. The van der Waals surface area contributed by atoms with Crippen molar-refractivity contribution in [2.75, 3.05) is 38.1 Å². The average Bonchev–Trinajstić information content (AvgIpc) is 2.65. The van der Waals surface area contributed by atoms with E-state index in [0.29, 0.717) is 23.4 Å². The summed E-state index contributed by atoms with van der Waals surface area (Å²) < 4.78 is 1.66. The molecule has 0 unspecified atom stereocenters. The molecule has 7 heteroatoms. The molecule has 0 aliphatic carbocycles. The molecule has 3 aromatic heterocycles. The maximum atomic E-state index is 12.7. The van der Waals surface area contributed by atoms with Gasteiger partial charge in [-0.1, -0.05) is 6.07 Å². The van der Waals surface area contributed by atoms with Crippen LogP contribution in [0.15, 0.2) is 47.8 Å². The summed E-state index contributed by atoms with van der Waals surface area (Å²) in [6, 6.07) is 5.71. The fraction of sp³-hybridized carbons (Fsp3) is 0.333. The molecule has 0 N–H and O–H groups in total. The standard InChI is InChI=1S/C18H20N6O/c1-22-7-9-23(10-8-22)18-20-12-15-16(21-18)4-6-24(17(15)25)13-14-3-2-5-19-11-14/h2-6,11-12H,7-10,13H2,1H3. The summed E-state index contributed by atoms with van der Waals surface area (Å²) in [7, 11) is 2.11. The summed E-state index contributed by atoms with van der Waals surface area (Å²) in [5.74, 6) is 0.699. The Balaban J connectivity index is 1.64. The van der Waals surface area contributed by atoms with Crippen LogP contribution in [0.1, 0.15) is 5.56 Å². The summed E-state index contributed by atoms with van der Waals surface area (Å²) in [6.45, 7) is 4.28. The molecular weight excluding hydrogens is 316 g/mol. The van der Waals surface area contributed by atoms with Gasteiger partial charge in [-0.2, -0.15) is 0 Å². The quantitative estimate of drug-likeness (QED) is 0.710. The smallest absolute Gasteiger partial charge is 0.261 e. The monoisotopic (exact) mass is 336 g/mol. The van der Waals surface area contributed by atoms with Crippen molar-refractivity contribution < 1.29 is 0 Å². The zero-order valence-electron chi connectivity index (χ0n) is 14.2. The SMILES string of the molecule is CN1CCN(c2ncc3c(=O)n(Cc4cccnc4)ccc3n2)CC1. The Hall–Kier alpha value is -2.80. The second-order valence-corrected chi connectivity index (χ2v) is 6.37. The fourth-order valence-corrected chi connectivity index (χ4v) is 3.03. The number of nitrogens with zero attached hydrogens (tertiary/aromatic N) is 6. The highest BCUT2D eigenvalue weighted by Crippen LogP contribution is 2.14. The van der Waals surface area contributed by atoms with Gasteiger partial charge in [0, 0.05) is 51.0 Å². The van der Waals surface area contributed by atoms with Gasteiger partial charge in [0.25, 0.3) is 5.56 Å². The Morgan fingerprint density at radius 2 is 1.96 bits per heavy atom. The molecule has 0 saturated carbocycles. The first-order chi connectivity index (χ1) is 12.2. The molecule has 1 aliphatic heterocycles.